The van der Waals surface area contributed by atoms with E-state index in [0.717, 1.165) is 16.3 Å². The molecule has 5 nitrogen and oxygen atoms in total. The summed E-state index contributed by atoms with van der Waals surface area (Å²) in [7, 11) is 0. The van der Waals surface area contributed by atoms with Crippen LogP contribution in [0.3, 0.4) is 0 Å². The lowest BCUT2D eigenvalue weighted by Crippen LogP contribution is -2.29. The summed E-state index contributed by atoms with van der Waals surface area (Å²) in [5.41, 5.74) is 0.288. The zero-order valence-electron chi connectivity index (χ0n) is 12.6. The van der Waals surface area contributed by atoms with Crippen molar-refractivity contribution in [2.45, 2.75) is 6.18 Å². The third-order valence-corrected chi connectivity index (χ3v) is 4.55. The fourth-order valence-corrected chi connectivity index (χ4v) is 3.38. The average molecular weight is 389 g/mol. The Morgan fingerprint density at radius 2 is 2.12 bits per heavy atom. The summed E-state index contributed by atoms with van der Waals surface area (Å²) in [4.78, 5) is 18.7. The van der Waals surface area contributed by atoms with Gasteiger partial charge in [0.1, 0.15) is 11.5 Å². The van der Waals surface area contributed by atoms with Gasteiger partial charge in [-0.15, -0.1) is 11.3 Å². The Labute approximate surface area is 149 Å². The largest absolute Gasteiger partial charge is 0.419 e. The summed E-state index contributed by atoms with van der Waals surface area (Å²) in [6.45, 7) is 0.243. The van der Waals surface area contributed by atoms with Gasteiger partial charge in [0.25, 0.3) is 5.91 Å². The van der Waals surface area contributed by atoms with Crippen molar-refractivity contribution in [3.05, 3.63) is 46.1 Å². The smallest absolute Gasteiger partial charge is 0.368 e. The van der Waals surface area contributed by atoms with Gasteiger partial charge in [-0.2, -0.15) is 13.2 Å². The number of carbonyl (C=O) groups is 1. The molecule has 132 valence electrons. The first kappa shape index (κ1) is 17.6. The number of alkyl halides is 3. The summed E-state index contributed by atoms with van der Waals surface area (Å²) in [6.07, 6.45) is -3.22. The molecule has 0 aliphatic heterocycles. The number of amides is 1. The van der Waals surface area contributed by atoms with Crippen LogP contribution in [0.4, 0.5) is 19.0 Å². The molecule has 3 aromatic rings. The predicted molar refractivity (Wildman–Crippen MR) is 91.2 cm³/mol. The second-order valence-electron chi connectivity index (χ2n) is 5.09. The van der Waals surface area contributed by atoms with Gasteiger partial charge < -0.3 is 15.6 Å². The lowest BCUT2D eigenvalue weighted by atomic mass is 10.2. The van der Waals surface area contributed by atoms with Crippen molar-refractivity contribution in [2.24, 2.45) is 0 Å². The van der Waals surface area contributed by atoms with Crippen LogP contribution in [-0.4, -0.2) is 29.0 Å². The van der Waals surface area contributed by atoms with Crippen LogP contribution in [0.25, 0.3) is 10.2 Å². The number of carbonyl (C=O) groups excluding carboxylic acids is 1. The van der Waals surface area contributed by atoms with Crippen molar-refractivity contribution < 1.29 is 18.0 Å². The number of aromatic nitrogens is 2. The lowest BCUT2D eigenvalue weighted by Gasteiger charge is -2.13. The van der Waals surface area contributed by atoms with Gasteiger partial charge in [-0.3, -0.25) is 4.79 Å². The molecule has 3 heterocycles. The highest BCUT2D eigenvalue weighted by molar-refractivity contribution is 7.22. The molecule has 0 aliphatic rings. The number of hydrogen-bond acceptors (Lipinski definition) is 4. The maximum Gasteiger partial charge on any atom is 0.419 e. The molecule has 0 saturated heterocycles. The molecule has 0 aromatic carbocycles. The van der Waals surface area contributed by atoms with Crippen molar-refractivity contribution >= 4 is 44.9 Å². The zero-order valence-corrected chi connectivity index (χ0v) is 14.1. The van der Waals surface area contributed by atoms with Crippen molar-refractivity contribution in [1.82, 2.24) is 15.3 Å². The average Bonchev–Trinajstić information content (AvgIpc) is 3.08. The quantitative estimate of drug-likeness (QED) is 0.575. The molecule has 0 radical (unpaired) electrons. The van der Waals surface area contributed by atoms with Gasteiger partial charge in [0, 0.05) is 19.3 Å². The molecule has 0 aliphatic carbocycles. The van der Waals surface area contributed by atoms with E-state index in [1.807, 2.05) is 0 Å². The SMILES string of the molecule is O=C(NCCNc1ncccc1C(F)(F)F)c1cc2sc(Cl)cc2[nH]1. The molecule has 0 unspecified atom stereocenters. The van der Waals surface area contributed by atoms with E-state index in [1.165, 1.54) is 23.6 Å². The van der Waals surface area contributed by atoms with Crippen LogP contribution in [0, 0.1) is 0 Å². The number of rotatable bonds is 5. The van der Waals surface area contributed by atoms with Crippen molar-refractivity contribution in [2.75, 3.05) is 18.4 Å². The van der Waals surface area contributed by atoms with E-state index in [1.54, 1.807) is 12.1 Å². The molecule has 0 fully saturated rings. The highest BCUT2D eigenvalue weighted by Gasteiger charge is 2.33. The van der Waals surface area contributed by atoms with Gasteiger partial charge in [0.15, 0.2) is 0 Å². The van der Waals surface area contributed by atoms with Crippen LogP contribution >= 0.6 is 22.9 Å². The van der Waals surface area contributed by atoms with Crippen LogP contribution in [0.15, 0.2) is 30.5 Å². The Balaban J connectivity index is 1.55. The minimum absolute atomic E-state index is 0.104. The highest BCUT2D eigenvalue weighted by atomic mass is 35.5. The molecule has 0 bridgehead atoms. The molecule has 3 rings (SSSR count). The number of thiophene rings is 1. The summed E-state index contributed by atoms with van der Waals surface area (Å²) >= 11 is 7.21. The second-order valence-corrected chi connectivity index (χ2v) is 6.81. The maximum atomic E-state index is 12.8. The van der Waals surface area contributed by atoms with Crippen molar-refractivity contribution in [3.63, 3.8) is 0 Å². The highest BCUT2D eigenvalue weighted by Crippen LogP contribution is 2.33. The van der Waals surface area contributed by atoms with E-state index in [9.17, 15) is 18.0 Å². The number of nitrogens with zero attached hydrogens (tertiary/aromatic N) is 1. The molecule has 0 saturated carbocycles. The molecule has 3 N–H and O–H groups in total. The fraction of sp³-hybridized carbons (Fsp3) is 0.200. The predicted octanol–water partition coefficient (Wildman–Crippen LogP) is 4.14. The molecule has 0 spiro atoms. The number of pyridine rings is 1. The Bertz CT molecular complexity index is 874. The summed E-state index contributed by atoms with van der Waals surface area (Å²) in [5.74, 6) is -0.613. The van der Waals surface area contributed by atoms with Gasteiger partial charge in [-0.05, 0) is 24.3 Å². The Morgan fingerprint density at radius 1 is 1.32 bits per heavy atom. The molecular weight excluding hydrogens is 377 g/mol. The molecule has 25 heavy (non-hydrogen) atoms. The topological polar surface area (TPSA) is 69.8 Å². The van der Waals surface area contributed by atoms with Gasteiger partial charge in [0.2, 0.25) is 0 Å². The van der Waals surface area contributed by atoms with Crippen molar-refractivity contribution in [3.8, 4) is 0 Å². The fourth-order valence-electron chi connectivity index (χ4n) is 2.24. The molecule has 10 heteroatoms. The lowest BCUT2D eigenvalue weighted by molar-refractivity contribution is -0.137. The molecule has 1 amide bonds. The number of nitrogens with one attached hydrogen (secondary N) is 3. The van der Waals surface area contributed by atoms with E-state index in [0.29, 0.717) is 10.0 Å². The Hall–Kier alpha value is -2.26. The van der Waals surface area contributed by atoms with E-state index < -0.39 is 11.7 Å². The van der Waals surface area contributed by atoms with Crippen LogP contribution in [0.2, 0.25) is 4.34 Å². The summed E-state index contributed by atoms with van der Waals surface area (Å²) in [5, 5.41) is 5.21. The van der Waals surface area contributed by atoms with E-state index in [2.05, 4.69) is 20.6 Å². The van der Waals surface area contributed by atoms with Gasteiger partial charge in [-0.1, -0.05) is 11.6 Å². The molecule has 0 atom stereocenters. The number of anilines is 1. The van der Waals surface area contributed by atoms with Crippen LogP contribution in [0.5, 0.6) is 0 Å². The normalized spacial score (nSPS) is 11.7. The number of aromatic amines is 1. The first-order chi connectivity index (χ1) is 11.8. The van der Waals surface area contributed by atoms with E-state index in [4.69, 9.17) is 11.6 Å². The third-order valence-electron chi connectivity index (χ3n) is 3.34. The molecular formula is C15H12ClF3N4OS. The third kappa shape index (κ3) is 4.05. The Kier molecular flexibility index (Phi) is 4.87. The first-order valence-corrected chi connectivity index (χ1v) is 8.36. The number of H-pyrrole nitrogens is 1. The second kappa shape index (κ2) is 6.93. The zero-order chi connectivity index (χ0) is 18.0. The van der Waals surface area contributed by atoms with E-state index in [-0.39, 0.29) is 24.8 Å². The van der Waals surface area contributed by atoms with Crippen molar-refractivity contribution in [1.29, 1.82) is 0 Å². The van der Waals surface area contributed by atoms with Gasteiger partial charge in [0.05, 0.1) is 20.1 Å². The Morgan fingerprint density at radius 3 is 2.84 bits per heavy atom. The summed E-state index contributed by atoms with van der Waals surface area (Å²) in [6, 6.07) is 5.57. The molecule has 3 aromatic heterocycles. The number of hydrogen-bond donors (Lipinski definition) is 3. The monoisotopic (exact) mass is 388 g/mol. The van der Waals surface area contributed by atoms with Crippen LogP contribution in [-0.2, 0) is 6.18 Å². The van der Waals surface area contributed by atoms with E-state index >= 15 is 0 Å². The summed E-state index contributed by atoms with van der Waals surface area (Å²) < 4.78 is 40.0. The van der Waals surface area contributed by atoms with Gasteiger partial charge in [-0.25, -0.2) is 4.98 Å². The number of fused-ring (bicyclic) bond motifs is 1. The maximum absolute atomic E-state index is 12.8. The number of halogens is 4. The van der Waals surface area contributed by atoms with Gasteiger partial charge >= 0.3 is 6.18 Å². The minimum Gasteiger partial charge on any atom is -0.368 e. The van der Waals surface area contributed by atoms with Crippen LogP contribution in [0.1, 0.15) is 16.1 Å². The standard InChI is InChI=1S/C15H12ClF3N4OS/c16-12-7-9-11(25-12)6-10(23-9)14(24)22-5-4-21-13-8(15(17,18)19)2-1-3-20-13/h1-3,6-7,23H,4-5H2,(H,20,21)(H,22,24). The van der Waals surface area contributed by atoms with Crippen LogP contribution < -0.4 is 10.6 Å². The minimum atomic E-state index is -4.49. The first-order valence-electron chi connectivity index (χ1n) is 7.17.